The van der Waals surface area contributed by atoms with Gasteiger partial charge in [-0.1, -0.05) is 25.5 Å². The number of primary amides is 1. The number of rotatable bonds is 4. The molecule has 1 rings (SSSR count). The van der Waals surface area contributed by atoms with Crippen molar-refractivity contribution >= 4 is 30.2 Å². The molecule has 0 aliphatic rings. The molecule has 8 nitrogen and oxygen atoms in total. The van der Waals surface area contributed by atoms with Gasteiger partial charge in [0.15, 0.2) is 11.9 Å². The highest BCUT2D eigenvalue weighted by atomic mass is 35.5. The van der Waals surface area contributed by atoms with Crippen LogP contribution in [0.4, 0.5) is 0 Å². The number of phenols is 1. The van der Waals surface area contributed by atoms with Gasteiger partial charge in [0.2, 0.25) is 0 Å². The van der Waals surface area contributed by atoms with Crippen LogP contribution in [-0.4, -0.2) is 29.5 Å². The molecule has 9 N–H and O–H groups in total. The Kier molecular flexibility index (Phi) is 12.2. The Labute approximate surface area is 135 Å². The number of amides is 1. The number of para-hydroxylation sites is 1. The van der Waals surface area contributed by atoms with Crippen molar-refractivity contribution in [2.75, 3.05) is 6.54 Å². The lowest BCUT2D eigenvalue weighted by Crippen LogP contribution is -2.43. The van der Waals surface area contributed by atoms with E-state index in [0.29, 0.717) is 0 Å². The van der Waals surface area contributed by atoms with E-state index in [1.807, 2.05) is 0 Å². The van der Waals surface area contributed by atoms with E-state index in [1.165, 1.54) is 12.1 Å². The first kappa shape index (κ1) is 21.8. The summed E-state index contributed by atoms with van der Waals surface area (Å²) in [5, 5.41) is 28.0. The molecule has 0 saturated heterocycles. The maximum atomic E-state index is 10.5. The maximum Gasteiger partial charge on any atom is 0.252 e. The molecule has 0 aliphatic carbocycles. The third-order valence-corrected chi connectivity index (χ3v) is 2.26. The summed E-state index contributed by atoms with van der Waals surface area (Å²) in [6.45, 7) is 2.82. The molecule has 1 aromatic rings. The predicted molar refractivity (Wildman–Crippen MR) is 89.6 cm³/mol. The van der Waals surface area contributed by atoms with Crippen molar-refractivity contribution in [1.29, 1.82) is 10.8 Å². The third-order valence-electron chi connectivity index (χ3n) is 2.26. The van der Waals surface area contributed by atoms with Crippen molar-refractivity contribution in [2.45, 2.75) is 19.8 Å². The first-order chi connectivity index (χ1) is 9.88. The molecule has 0 heterocycles. The molecule has 9 heteroatoms. The van der Waals surface area contributed by atoms with Crippen LogP contribution in [0.15, 0.2) is 24.3 Å². The number of nitrogens with two attached hydrogens (primary N) is 2. The highest BCUT2D eigenvalue weighted by molar-refractivity contribution is 5.95. The van der Waals surface area contributed by atoms with E-state index < -0.39 is 5.91 Å². The summed E-state index contributed by atoms with van der Waals surface area (Å²) in [5.74, 6) is -0.807. The minimum Gasteiger partial charge on any atom is -0.507 e. The molecule has 0 radical (unpaired) electrons. The highest BCUT2D eigenvalue weighted by Gasteiger charge is 2.03. The maximum absolute atomic E-state index is 10.5. The predicted octanol–water partition coefficient (Wildman–Crippen LogP) is 0.707. The summed E-state index contributed by atoms with van der Waals surface area (Å²) in [6, 6.07) is 6.15. The minimum absolute atomic E-state index is 0. The first-order valence-corrected chi connectivity index (χ1v) is 6.39. The molecule has 0 unspecified atom stereocenters. The lowest BCUT2D eigenvalue weighted by Gasteiger charge is -2.06. The second-order valence-electron chi connectivity index (χ2n) is 4.08. The van der Waals surface area contributed by atoms with Crippen molar-refractivity contribution in [1.82, 2.24) is 10.6 Å². The average Bonchev–Trinajstić information content (AvgIpc) is 2.39. The topological polar surface area (TPSA) is 161 Å². The molecule has 0 spiro atoms. The van der Waals surface area contributed by atoms with Gasteiger partial charge in [-0.15, -0.1) is 12.4 Å². The molecule has 0 aromatic heterocycles. The van der Waals surface area contributed by atoms with Gasteiger partial charge in [0.05, 0.1) is 5.56 Å². The van der Waals surface area contributed by atoms with Gasteiger partial charge in [-0.25, -0.2) is 0 Å². The van der Waals surface area contributed by atoms with Gasteiger partial charge < -0.3 is 21.9 Å². The standard InChI is InChI=1S/C7H7NO2.C6H15N5.ClH/c8-7(10)5-3-1-2-4-6(5)9;1-2-3-4-10-6(9)11-5(7)8;/h1-4,9H,(H2,8,10);2-4H2,1H3,(H6,7,8,9,10,11);1H. The van der Waals surface area contributed by atoms with Crippen LogP contribution in [0, 0.1) is 10.8 Å². The summed E-state index contributed by atoms with van der Waals surface area (Å²) in [6.07, 6.45) is 2.10. The van der Waals surface area contributed by atoms with Crippen molar-refractivity contribution < 1.29 is 9.90 Å². The van der Waals surface area contributed by atoms with Crippen molar-refractivity contribution in [2.24, 2.45) is 11.5 Å². The Hall–Kier alpha value is -2.48. The zero-order valence-electron chi connectivity index (χ0n) is 12.3. The van der Waals surface area contributed by atoms with Gasteiger partial charge in [-0.2, -0.15) is 0 Å². The van der Waals surface area contributed by atoms with E-state index in [9.17, 15) is 4.79 Å². The minimum atomic E-state index is -0.613. The SMILES string of the molecule is CCCCNC(=N)NC(=N)N.Cl.NC(=O)c1ccccc1O. The fraction of sp³-hybridized carbons (Fsp3) is 0.308. The molecule has 0 aliphatic heterocycles. The molecular formula is C13H23ClN6O2. The third kappa shape index (κ3) is 10.3. The van der Waals surface area contributed by atoms with Crippen LogP contribution in [0.25, 0.3) is 0 Å². The number of halogens is 1. The fourth-order valence-electron chi connectivity index (χ4n) is 1.25. The zero-order valence-corrected chi connectivity index (χ0v) is 13.2. The number of aromatic hydroxyl groups is 1. The molecule has 0 fully saturated rings. The van der Waals surface area contributed by atoms with Gasteiger partial charge in [0.1, 0.15) is 5.75 Å². The molecule has 0 atom stereocenters. The Bertz CT molecular complexity index is 495. The molecule has 1 aromatic carbocycles. The number of nitrogens with one attached hydrogen (secondary N) is 4. The molecule has 1 amide bonds. The van der Waals surface area contributed by atoms with E-state index >= 15 is 0 Å². The fourth-order valence-corrected chi connectivity index (χ4v) is 1.25. The average molecular weight is 331 g/mol. The Balaban J connectivity index is 0. The largest absolute Gasteiger partial charge is 0.507 e. The van der Waals surface area contributed by atoms with Gasteiger partial charge in [0.25, 0.3) is 5.91 Å². The van der Waals surface area contributed by atoms with Crippen molar-refractivity contribution in [3.63, 3.8) is 0 Å². The number of guanidine groups is 2. The smallest absolute Gasteiger partial charge is 0.252 e. The number of hydrogen-bond donors (Lipinski definition) is 7. The van der Waals surface area contributed by atoms with Gasteiger partial charge >= 0.3 is 0 Å². The number of unbranched alkanes of at least 4 members (excludes halogenated alkanes) is 1. The second kappa shape index (κ2) is 12.3. The summed E-state index contributed by atoms with van der Waals surface area (Å²) >= 11 is 0. The van der Waals surface area contributed by atoms with E-state index in [2.05, 4.69) is 17.6 Å². The monoisotopic (exact) mass is 330 g/mol. The van der Waals surface area contributed by atoms with Gasteiger partial charge in [-0.05, 0) is 18.6 Å². The number of benzene rings is 1. The van der Waals surface area contributed by atoms with Crippen LogP contribution >= 0.6 is 12.4 Å². The van der Waals surface area contributed by atoms with Crippen LogP contribution in [0.5, 0.6) is 5.75 Å². The molecule has 0 bridgehead atoms. The van der Waals surface area contributed by atoms with E-state index in [1.54, 1.807) is 12.1 Å². The highest BCUT2D eigenvalue weighted by Crippen LogP contribution is 2.13. The van der Waals surface area contributed by atoms with Crippen LogP contribution in [0.1, 0.15) is 30.1 Å². The van der Waals surface area contributed by atoms with Gasteiger partial charge in [0, 0.05) is 6.54 Å². The molecular weight excluding hydrogens is 308 g/mol. The quantitative estimate of drug-likeness (QED) is 0.245. The lowest BCUT2D eigenvalue weighted by molar-refractivity contribution is 0.0998. The number of carbonyl (C=O) groups is 1. The zero-order chi connectivity index (χ0) is 16.3. The first-order valence-electron chi connectivity index (χ1n) is 6.39. The summed E-state index contributed by atoms with van der Waals surface area (Å²) in [5.41, 5.74) is 10.1. The van der Waals surface area contributed by atoms with Gasteiger partial charge in [-0.3, -0.25) is 20.9 Å². The van der Waals surface area contributed by atoms with Crippen LogP contribution in [0.2, 0.25) is 0 Å². The Morgan fingerprint density at radius 1 is 1.27 bits per heavy atom. The van der Waals surface area contributed by atoms with Crippen molar-refractivity contribution in [3.8, 4) is 5.75 Å². The lowest BCUT2D eigenvalue weighted by atomic mass is 10.2. The van der Waals surface area contributed by atoms with Crippen LogP contribution < -0.4 is 22.1 Å². The van der Waals surface area contributed by atoms with E-state index in [0.717, 1.165) is 19.4 Å². The Morgan fingerprint density at radius 2 is 1.86 bits per heavy atom. The summed E-state index contributed by atoms with van der Waals surface area (Å²) < 4.78 is 0. The van der Waals surface area contributed by atoms with E-state index in [-0.39, 0.29) is 35.6 Å². The normalized spacial score (nSPS) is 8.59. The summed E-state index contributed by atoms with van der Waals surface area (Å²) in [4.78, 5) is 10.5. The van der Waals surface area contributed by atoms with Crippen LogP contribution in [0.3, 0.4) is 0 Å². The second-order valence-corrected chi connectivity index (χ2v) is 4.08. The molecule has 0 saturated carbocycles. The summed E-state index contributed by atoms with van der Waals surface area (Å²) in [7, 11) is 0. The molecule has 124 valence electrons. The number of carbonyl (C=O) groups excluding carboxylic acids is 1. The molecule has 22 heavy (non-hydrogen) atoms. The Morgan fingerprint density at radius 3 is 2.27 bits per heavy atom. The van der Waals surface area contributed by atoms with Crippen LogP contribution in [-0.2, 0) is 0 Å². The van der Waals surface area contributed by atoms with E-state index in [4.69, 9.17) is 27.4 Å². The van der Waals surface area contributed by atoms with Crippen molar-refractivity contribution in [3.05, 3.63) is 29.8 Å². The number of hydrogen-bond acceptors (Lipinski definition) is 4.